The molecule has 3 aromatic rings. The molecule has 3 heterocycles. The van der Waals surface area contributed by atoms with Gasteiger partial charge in [-0.25, -0.2) is 9.78 Å². The predicted octanol–water partition coefficient (Wildman–Crippen LogP) is 6.51. The Hall–Kier alpha value is -2.38. The number of fused-ring (bicyclic) bond motifs is 5. The summed E-state index contributed by atoms with van der Waals surface area (Å²) in [5.74, 6) is -0.364. The van der Waals surface area contributed by atoms with Crippen molar-refractivity contribution in [2.75, 3.05) is 6.61 Å². The fourth-order valence-corrected chi connectivity index (χ4v) is 6.48. The first-order valence-electron chi connectivity index (χ1n) is 12.8. The molecule has 1 aliphatic heterocycles. The highest BCUT2D eigenvalue weighted by molar-refractivity contribution is 6.76. The number of imidazole rings is 1. The van der Waals surface area contributed by atoms with Gasteiger partial charge in [0.15, 0.2) is 0 Å². The van der Waals surface area contributed by atoms with Crippen LogP contribution in [-0.2, 0) is 24.4 Å². The van der Waals surface area contributed by atoms with Crippen molar-refractivity contribution in [2.24, 2.45) is 0 Å². The van der Waals surface area contributed by atoms with Gasteiger partial charge in [0.05, 0.1) is 29.0 Å². The molecule has 7 heteroatoms. The highest BCUT2D eigenvalue weighted by Crippen LogP contribution is 2.46. The first-order valence-corrected chi connectivity index (χ1v) is 16.6. The number of benzene rings is 1. The van der Waals surface area contributed by atoms with E-state index in [1.165, 1.54) is 54.4 Å². The molecule has 0 saturated heterocycles. The van der Waals surface area contributed by atoms with Crippen LogP contribution < -0.4 is 0 Å². The van der Waals surface area contributed by atoms with Crippen LogP contribution in [0.2, 0.25) is 25.7 Å². The number of aryl methyl sites for hydroxylation is 2. The fraction of sp³-hybridized carbons (Fsp3) is 0.556. The molecule has 2 aliphatic rings. The Morgan fingerprint density at radius 2 is 1.94 bits per heavy atom. The number of aromatic nitrogens is 3. The average Bonchev–Trinajstić information content (AvgIpc) is 3.28. The summed E-state index contributed by atoms with van der Waals surface area (Å²) < 4.78 is 10.7. The van der Waals surface area contributed by atoms with Crippen molar-refractivity contribution in [3.05, 3.63) is 41.3 Å². The third-order valence-electron chi connectivity index (χ3n) is 7.52. The second-order valence-electron chi connectivity index (χ2n) is 11.2. The van der Waals surface area contributed by atoms with Crippen molar-refractivity contribution in [2.45, 2.75) is 89.8 Å². The third-order valence-corrected chi connectivity index (χ3v) is 9.23. The van der Waals surface area contributed by atoms with Gasteiger partial charge in [-0.15, -0.1) is 0 Å². The molecular formula is C27H37N3O3Si. The maximum absolute atomic E-state index is 11.8. The summed E-state index contributed by atoms with van der Waals surface area (Å²) in [6.07, 6.45) is 10.1. The number of carboxylic acids is 1. The SMILES string of the molecule is C[Si](C)(C)CCOCn1cnc2c1-c1c(C3CCCCC3)c3ccc(C(=O)O)cc3n1CCC2. The van der Waals surface area contributed by atoms with Crippen molar-refractivity contribution in [1.29, 1.82) is 0 Å². The summed E-state index contributed by atoms with van der Waals surface area (Å²) in [6, 6.07) is 6.85. The summed E-state index contributed by atoms with van der Waals surface area (Å²) in [5, 5.41) is 10.9. The average molecular weight is 480 g/mol. The molecule has 6 nitrogen and oxygen atoms in total. The number of carboxylic acid groups (broad SMARTS) is 1. The lowest BCUT2D eigenvalue weighted by Crippen LogP contribution is -2.22. The van der Waals surface area contributed by atoms with Gasteiger partial charge in [0, 0.05) is 32.1 Å². The number of carbonyl (C=O) groups is 1. The zero-order valence-corrected chi connectivity index (χ0v) is 21.8. The number of aromatic carboxylic acids is 1. The van der Waals surface area contributed by atoms with Crippen LogP contribution in [0.3, 0.4) is 0 Å². The summed E-state index contributed by atoms with van der Waals surface area (Å²) >= 11 is 0. The van der Waals surface area contributed by atoms with E-state index in [-0.39, 0.29) is 0 Å². The Bertz CT molecular complexity index is 1200. The minimum absolute atomic E-state index is 0.357. The van der Waals surface area contributed by atoms with Crippen LogP contribution in [0.4, 0.5) is 0 Å². The molecule has 0 amide bonds. The van der Waals surface area contributed by atoms with E-state index in [9.17, 15) is 9.90 Å². The predicted molar refractivity (Wildman–Crippen MR) is 138 cm³/mol. The lowest BCUT2D eigenvalue weighted by atomic mass is 9.82. The van der Waals surface area contributed by atoms with E-state index in [4.69, 9.17) is 9.72 Å². The number of hydrogen-bond donors (Lipinski definition) is 1. The van der Waals surface area contributed by atoms with Gasteiger partial charge in [-0.2, -0.15) is 0 Å². The molecule has 0 atom stereocenters. The van der Waals surface area contributed by atoms with Gasteiger partial charge in [-0.3, -0.25) is 0 Å². The molecule has 182 valence electrons. The quantitative estimate of drug-likeness (QED) is 0.310. The largest absolute Gasteiger partial charge is 0.478 e. The molecule has 1 saturated carbocycles. The summed E-state index contributed by atoms with van der Waals surface area (Å²) in [4.78, 5) is 16.6. The van der Waals surface area contributed by atoms with Crippen LogP contribution in [-0.4, -0.2) is 39.9 Å². The number of ether oxygens (including phenoxy) is 1. The molecule has 34 heavy (non-hydrogen) atoms. The van der Waals surface area contributed by atoms with Gasteiger partial charge in [0.25, 0.3) is 0 Å². The summed E-state index contributed by atoms with van der Waals surface area (Å²) in [5.41, 5.74) is 6.39. The molecule has 1 N–H and O–H groups in total. The lowest BCUT2D eigenvalue weighted by Gasteiger charge is -2.24. The van der Waals surface area contributed by atoms with Crippen LogP contribution in [0, 0.1) is 0 Å². The minimum atomic E-state index is -1.14. The molecule has 0 spiro atoms. The molecular weight excluding hydrogens is 442 g/mol. The monoisotopic (exact) mass is 479 g/mol. The topological polar surface area (TPSA) is 69.3 Å². The second kappa shape index (κ2) is 9.34. The van der Waals surface area contributed by atoms with E-state index in [2.05, 4.69) is 34.8 Å². The van der Waals surface area contributed by atoms with E-state index in [0.717, 1.165) is 43.2 Å². The number of rotatable bonds is 7. The van der Waals surface area contributed by atoms with Crippen molar-refractivity contribution >= 4 is 24.9 Å². The standard InChI is InChI=1S/C27H37N3O3Si/c1-34(2,3)15-14-33-18-29-17-28-22-10-7-13-30-23-16-20(27(31)32)11-12-21(23)24(26(30)25(22)29)19-8-5-4-6-9-19/h11-12,16-17,19H,4-10,13-15,18H2,1-3H3,(H,31,32). The van der Waals surface area contributed by atoms with Crippen molar-refractivity contribution in [1.82, 2.24) is 14.1 Å². The van der Waals surface area contributed by atoms with Gasteiger partial charge in [-0.1, -0.05) is 45.0 Å². The molecule has 0 unspecified atom stereocenters. The summed E-state index contributed by atoms with van der Waals surface area (Å²) in [6.45, 7) is 9.30. The zero-order valence-electron chi connectivity index (χ0n) is 20.8. The van der Waals surface area contributed by atoms with Gasteiger partial charge >= 0.3 is 5.97 Å². The Morgan fingerprint density at radius 1 is 1.15 bits per heavy atom. The Kier molecular flexibility index (Phi) is 6.42. The first kappa shape index (κ1) is 23.4. The lowest BCUT2D eigenvalue weighted by molar-refractivity contribution is 0.0697. The van der Waals surface area contributed by atoms with Crippen LogP contribution in [0.1, 0.15) is 66.1 Å². The van der Waals surface area contributed by atoms with E-state index < -0.39 is 14.0 Å². The van der Waals surface area contributed by atoms with E-state index in [0.29, 0.717) is 18.2 Å². The van der Waals surface area contributed by atoms with Gasteiger partial charge in [0.1, 0.15) is 6.73 Å². The van der Waals surface area contributed by atoms with Gasteiger partial charge in [-0.05, 0) is 55.3 Å². The van der Waals surface area contributed by atoms with Crippen LogP contribution >= 0.6 is 0 Å². The fourth-order valence-electron chi connectivity index (χ4n) is 5.72. The highest BCUT2D eigenvalue weighted by Gasteiger charge is 2.31. The minimum Gasteiger partial charge on any atom is -0.478 e. The molecule has 5 rings (SSSR count). The van der Waals surface area contributed by atoms with Crippen LogP contribution in [0.25, 0.3) is 22.3 Å². The summed E-state index contributed by atoms with van der Waals surface area (Å²) in [7, 11) is -1.14. The van der Waals surface area contributed by atoms with Crippen molar-refractivity contribution in [3.8, 4) is 11.4 Å². The van der Waals surface area contributed by atoms with E-state index >= 15 is 0 Å². The first-order chi connectivity index (χ1) is 16.3. The molecule has 0 bridgehead atoms. The second-order valence-corrected chi connectivity index (χ2v) is 16.9. The highest BCUT2D eigenvalue weighted by atomic mass is 28.3. The smallest absolute Gasteiger partial charge is 0.335 e. The zero-order chi connectivity index (χ0) is 23.9. The van der Waals surface area contributed by atoms with Crippen molar-refractivity contribution < 1.29 is 14.6 Å². The molecule has 2 aromatic heterocycles. The maximum atomic E-state index is 11.8. The van der Waals surface area contributed by atoms with Gasteiger partial charge < -0.3 is 19.0 Å². The molecule has 1 aliphatic carbocycles. The molecule has 1 fully saturated rings. The van der Waals surface area contributed by atoms with Crippen LogP contribution in [0.5, 0.6) is 0 Å². The van der Waals surface area contributed by atoms with E-state index in [1.807, 2.05) is 12.4 Å². The number of hydrogen-bond acceptors (Lipinski definition) is 3. The Morgan fingerprint density at radius 3 is 2.68 bits per heavy atom. The Balaban J connectivity index is 1.63. The molecule has 0 radical (unpaired) electrons. The normalized spacial score (nSPS) is 16.9. The van der Waals surface area contributed by atoms with Crippen LogP contribution in [0.15, 0.2) is 24.5 Å². The van der Waals surface area contributed by atoms with Gasteiger partial charge in [0.2, 0.25) is 0 Å². The molecule has 1 aromatic carbocycles. The van der Waals surface area contributed by atoms with E-state index in [1.54, 1.807) is 6.07 Å². The Labute approximate surface area is 203 Å². The number of nitrogens with zero attached hydrogens (tertiary/aromatic N) is 3. The van der Waals surface area contributed by atoms with Crippen molar-refractivity contribution in [3.63, 3.8) is 0 Å². The maximum Gasteiger partial charge on any atom is 0.335 e. The third kappa shape index (κ3) is 4.48.